The summed E-state index contributed by atoms with van der Waals surface area (Å²) in [6.45, 7) is 2.67. The van der Waals surface area contributed by atoms with E-state index in [4.69, 9.17) is 9.15 Å². The van der Waals surface area contributed by atoms with Gasteiger partial charge in [0.25, 0.3) is 0 Å². The van der Waals surface area contributed by atoms with Gasteiger partial charge in [-0.15, -0.1) is 10.2 Å². The van der Waals surface area contributed by atoms with Gasteiger partial charge >= 0.3 is 0 Å². The maximum atomic E-state index is 13.1. The lowest BCUT2D eigenvalue weighted by Gasteiger charge is -2.34. The minimum atomic E-state index is -0.224. The van der Waals surface area contributed by atoms with Crippen molar-refractivity contribution in [2.24, 2.45) is 0 Å². The fourth-order valence-electron chi connectivity index (χ4n) is 2.82. The van der Waals surface area contributed by atoms with E-state index in [-0.39, 0.29) is 11.9 Å². The molecule has 1 aliphatic carbocycles. The molecule has 0 N–H and O–H groups in total. The molecule has 116 valence electrons. The van der Waals surface area contributed by atoms with Crippen LogP contribution in [-0.2, 0) is 11.3 Å². The van der Waals surface area contributed by atoms with Gasteiger partial charge in [-0.1, -0.05) is 12.1 Å². The van der Waals surface area contributed by atoms with Crippen molar-refractivity contribution < 1.29 is 13.5 Å². The van der Waals surface area contributed by atoms with Crippen LogP contribution < -0.4 is 0 Å². The highest BCUT2D eigenvalue weighted by molar-refractivity contribution is 5.20. The number of halogens is 1. The van der Waals surface area contributed by atoms with Crippen LogP contribution in [0.3, 0.4) is 0 Å². The summed E-state index contributed by atoms with van der Waals surface area (Å²) < 4.78 is 24.4. The molecule has 2 heterocycles. The molecule has 0 amide bonds. The highest BCUT2D eigenvalue weighted by Gasteiger charge is 2.31. The van der Waals surface area contributed by atoms with Gasteiger partial charge in [-0.05, 0) is 30.5 Å². The topological polar surface area (TPSA) is 51.4 Å². The number of aromatic nitrogens is 2. The summed E-state index contributed by atoms with van der Waals surface area (Å²) in [6, 6.07) is 6.68. The molecule has 1 aromatic heterocycles. The molecule has 1 aromatic carbocycles. The number of hydrogen-bond donors (Lipinski definition) is 0. The molecule has 0 unspecified atom stereocenters. The van der Waals surface area contributed by atoms with Crippen LogP contribution in [0, 0.1) is 5.82 Å². The van der Waals surface area contributed by atoms with Gasteiger partial charge in [-0.3, -0.25) is 4.90 Å². The van der Waals surface area contributed by atoms with Gasteiger partial charge in [0.2, 0.25) is 11.8 Å². The first-order chi connectivity index (χ1) is 10.8. The van der Waals surface area contributed by atoms with Crippen molar-refractivity contribution >= 4 is 0 Å². The number of rotatable bonds is 4. The maximum absolute atomic E-state index is 13.1. The molecule has 1 atom stereocenters. The molecule has 1 saturated carbocycles. The van der Waals surface area contributed by atoms with Gasteiger partial charge in [0.05, 0.1) is 25.8 Å². The van der Waals surface area contributed by atoms with E-state index in [0.29, 0.717) is 31.6 Å². The monoisotopic (exact) mass is 303 g/mol. The van der Waals surface area contributed by atoms with E-state index in [1.807, 2.05) is 12.1 Å². The van der Waals surface area contributed by atoms with E-state index >= 15 is 0 Å². The molecule has 5 nitrogen and oxygen atoms in total. The fraction of sp³-hybridized carbons (Fsp3) is 0.500. The average Bonchev–Trinajstić information content (AvgIpc) is 3.29. The van der Waals surface area contributed by atoms with E-state index in [1.165, 1.54) is 12.1 Å². The van der Waals surface area contributed by atoms with E-state index in [0.717, 1.165) is 30.8 Å². The Labute approximate surface area is 128 Å². The standard InChI is InChI=1S/C16H18FN3O2/c17-13-5-3-11(4-6-13)14-10-21-8-7-20(14)9-15-18-19-16(22-15)12-1-2-12/h3-6,12,14H,1-2,7-10H2/t14-/m0/s1. The van der Waals surface area contributed by atoms with Crippen molar-refractivity contribution in [1.29, 1.82) is 0 Å². The van der Waals surface area contributed by atoms with Crippen molar-refractivity contribution in [3.8, 4) is 0 Å². The van der Waals surface area contributed by atoms with Gasteiger partial charge in [0, 0.05) is 12.5 Å². The first-order valence-electron chi connectivity index (χ1n) is 7.69. The third-order valence-corrected chi connectivity index (χ3v) is 4.24. The summed E-state index contributed by atoms with van der Waals surface area (Å²) in [5, 5.41) is 8.28. The first-order valence-corrected chi connectivity index (χ1v) is 7.69. The molecule has 0 spiro atoms. The smallest absolute Gasteiger partial charge is 0.230 e. The van der Waals surface area contributed by atoms with Gasteiger partial charge < -0.3 is 9.15 Å². The molecular formula is C16H18FN3O2. The maximum Gasteiger partial charge on any atom is 0.230 e. The molecule has 1 aliphatic heterocycles. The quantitative estimate of drug-likeness (QED) is 0.869. The van der Waals surface area contributed by atoms with Gasteiger partial charge in [0.15, 0.2) is 0 Å². The second-order valence-corrected chi connectivity index (χ2v) is 5.92. The molecule has 1 saturated heterocycles. The molecule has 2 aromatic rings. The predicted octanol–water partition coefficient (Wildman–Crippen LogP) is 2.66. The van der Waals surface area contributed by atoms with Crippen LogP contribution in [0.2, 0.25) is 0 Å². The summed E-state index contributed by atoms with van der Waals surface area (Å²) in [7, 11) is 0. The first kappa shape index (κ1) is 13.8. The SMILES string of the molecule is Fc1ccc([C@@H]2COCCN2Cc2nnc(C3CC3)o2)cc1. The van der Waals surface area contributed by atoms with Crippen molar-refractivity contribution in [3.05, 3.63) is 47.4 Å². The Morgan fingerprint density at radius 3 is 2.77 bits per heavy atom. The van der Waals surface area contributed by atoms with Crippen molar-refractivity contribution in [1.82, 2.24) is 15.1 Å². The number of benzene rings is 1. The normalized spacial score (nSPS) is 22.9. The summed E-state index contributed by atoms with van der Waals surface area (Å²) in [6.07, 6.45) is 2.30. The second kappa shape index (κ2) is 5.78. The lowest BCUT2D eigenvalue weighted by atomic mass is 10.0. The molecule has 0 radical (unpaired) electrons. The minimum Gasteiger partial charge on any atom is -0.424 e. The average molecular weight is 303 g/mol. The summed E-state index contributed by atoms with van der Waals surface area (Å²) >= 11 is 0. The largest absolute Gasteiger partial charge is 0.424 e. The number of ether oxygens (including phenoxy) is 1. The summed E-state index contributed by atoms with van der Waals surface area (Å²) in [5.74, 6) is 1.66. The van der Waals surface area contributed by atoms with E-state index < -0.39 is 0 Å². The number of nitrogens with zero attached hydrogens (tertiary/aromatic N) is 3. The highest BCUT2D eigenvalue weighted by Crippen LogP contribution is 2.39. The summed E-state index contributed by atoms with van der Waals surface area (Å²) in [4.78, 5) is 2.25. The van der Waals surface area contributed by atoms with Crippen LogP contribution >= 0.6 is 0 Å². The Kier molecular flexibility index (Phi) is 3.63. The van der Waals surface area contributed by atoms with Crippen molar-refractivity contribution in [2.75, 3.05) is 19.8 Å². The molecule has 0 bridgehead atoms. The second-order valence-electron chi connectivity index (χ2n) is 5.92. The molecule has 2 aliphatic rings. The van der Waals surface area contributed by atoms with E-state index in [1.54, 1.807) is 0 Å². The third kappa shape index (κ3) is 2.89. The summed E-state index contributed by atoms with van der Waals surface area (Å²) in [5.41, 5.74) is 1.04. The molecule has 4 rings (SSSR count). The fourth-order valence-corrected chi connectivity index (χ4v) is 2.82. The van der Waals surface area contributed by atoms with Crippen LogP contribution in [0.4, 0.5) is 4.39 Å². The van der Waals surface area contributed by atoms with Crippen LogP contribution in [-0.4, -0.2) is 34.9 Å². The highest BCUT2D eigenvalue weighted by atomic mass is 19.1. The molecular weight excluding hydrogens is 285 g/mol. The zero-order valence-corrected chi connectivity index (χ0v) is 12.2. The minimum absolute atomic E-state index is 0.0885. The van der Waals surface area contributed by atoms with Gasteiger partial charge in [0.1, 0.15) is 5.82 Å². The Morgan fingerprint density at radius 2 is 2.00 bits per heavy atom. The number of hydrogen-bond acceptors (Lipinski definition) is 5. The van der Waals surface area contributed by atoms with Crippen LogP contribution in [0.5, 0.6) is 0 Å². The molecule has 2 fully saturated rings. The van der Waals surface area contributed by atoms with Crippen LogP contribution in [0.15, 0.2) is 28.7 Å². The van der Waals surface area contributed by atoms with Crippen LogP contribution in [0.1, 0.15) is 42.1 Å². The Morgan fingerprint density at radius 1 is 1.18 bits per heavy atom. The van der Waals surface area contributed by atoms with E-state index in [2.05, 4.69) is 15.1 Å². The zero-order chi connectivity index (χ0) is 14.9. The zero-order valence-electron chi connectivity index (χ0n) is 12.2. The Hall–Kier alpha value is -1.79. The number of morpholine rings is 1. The van der Waals surface area contributed by atoms with E-state index in [9.17, 15) is 4.39 Å². The lowest BCUT2D eigenvalue weighted by molar-refractivity contribution is -0.0163. The Balaban J connectivity index is 1.50. The lowest BCUT2D eigenvalue weighted by Crippen LogP contribution is -2.39. The van der Waals surface area contributed by atoms with Gasteiger partial charge in [-0.25, -0.2) is 4.39 Å². The van der Waals surface area contributed by atoms with Crippen LogP contribution in [0.25, 0.3) is 0 Å². The van der Waals surface area contributed by atoms with Gasteiger partial charge in [-0.2, -0.15) is 0 Å². The molecule has 6 heteroatoms. The predicted molar refractivity (Wildman–Crippen MR) is 76.6 cm³/mol. The van der Waals surface area contributed by atoms with Crippen molar-refractivity contribution in [3.63, 3.8) is 0 Å². The molecule has 22 heavy (non-hydrogen) atoms. The Bertz CT molecular complexity index is 639. The third-order valence-electron chi connectivity index (χ3n) is 4.24. The van der Waals surface area contributed by atoms with Crippen molar-refractivity contribution in [2.45, 2.75) is 31.3 Å².